The van der Waals surface area contributed by atoms with Gasteiger partial charge in [0.2, 0.25) is 0 Å². The Kier molecular flexibility index (Phi) is 4.26. The van der Waals surface area contributed by atoms with Gasteiger partial charge in [0.1, 0.15) is 5.75 Å². The molecule has 15 heavy (non-hydrogen) atoms. The van der Waals surface area contributed by atoms with Crippen molar-refractivity contribution in [2.24, 2.45) is 0 Å². The zero-order chi connectivity index (χ0) is 11.1. The van der Waals surface area contributed by atoms with E-state index in [-0.39, 0.29) is 12.5 Å². The molecule has 0 aromatic heterocycles. The van der Waals surface area contributed by atoms with E-state index in [2.05, 4.69) is 11.8 Å². The molecule has 1 rings (SSSR count). The van der Waals surface area contributed by atoms with Crippen molar-refractivity contribution >= 4 is 0 Å². The van der Waals surface area contributed by atoms with Gasteiger partial charge >= 0.3 is 0 Å². The highest BCUT2D eigenvalue weighted by Crippen LogP contribution is 2.12. The van der Waals surface area contributed by atoms with Crippen LogP contribution >= 0.6 is 0 Å². The van der Waals surface area contributed by atoms with Crippen molar-refractivity contribution in [1.29, 1.82) is 5.26 Å². The van der Waals surface area contributed by atoms with Gasteiger partial charge in [-0.3, -0.25) is 0 Å². The van der Waals surface area contributed by atoms with Crippen molar-refractivity contribution < 1.29 is 4.74 Å². The Balaban J connectivity index is 2.66. The fourth-order valence-electron chi connectivity index (χ4n) is 1.07. The van der Waals surface area contributed by atoms with Crippen molar-refractivity contribution in [2.75, 3.05) is 0 Å². The number of benzene rings is 1. The van der Waals surface area contributed by atoms with Gasteiger partial charge in [-0.2, -0.15) is 5.26 Å². The minimum atomic E-state index is 0.181. The molecule has 0 fully saturated rings. The third-order valence-corrected chi connectivity index (χ3v) is 1.63. The third-order valence-electron chi connectivity index (χ3n) is 1.63. The van der Waals surface area contributed by atoms with Crippen LogP contribution in [0, 0.1) is 23.2 Å². The predicted octanol–water partition coefficient (Wildman–Crippen LogP) is 2.74. The quantitative estimate of drug-likeness (QED) is 0.686. The van der Waals surface area contributed by atoms with Gasteiger partial charge in [0, 0.05) is 5.56 Å². The Bertz CT molecular complexity index is 401. The Morgan fingerprint density at radius 2 is 1.93 bits per heavy atom. The fourth-order valence-corrected chi connectivity index (χ4v) is 1.07. The van der Waals surface area contributed by atoms with Crippen molar-refractivity contribution in [1.82, 2.24) is 0 Å². The van der Waals surface area contributed by atoms with E-state index < -0.39 is 0 Å². The summed E-state index contributed by atoms with van der Waals surface area (Å²) >= 11 is 0. The zero-order valence-corrected chi connectivity index (χ0v) is 8.95. The molecule has 2 heteroatoms. The highest BCUT2D eigenvalue weighted by molar-refractivity contribution is 5.38. The van der Waals surface area contributed by atoms with Gasteiger partial charge in [-0.05, 0) is 38.1 Å². The Morgan fingerprint density at radius 1 is 1.27 bits per heavy atom. The van der Waals surface area contributed by atoms with Gasteiger partial charge in [0.25, 0.3) is 0 Å². The van der Waals surface area contributed by atoms with E-state index in [0.717, 1.165) is 11.3 Å². The lowest BCUT2D eigenvalue weighted by atomic mass is 10.2. The minimum absolute atomic E-state index is 0.181. The second-order valence-electron chi connectivity index (χ2n) is 3.33. The average Bonchev–Trinajstić information content (AvgIpc) is 2.20. The average molecular weight is 199 g/mol. The summed E-state index contributed by atoms with van der Waals surface area (Å²) in [5, 5.41) is 8.32. The van der Waals surface area contributed by atoms with Gasteiger partial charge < -0.3 is 4.74 Å². The van der Waals surface area contributed by atoms with E-state index in [1.807, 2.05) is 44.2 Å². The second-order valence-corrected chi connectivity index (χ2v) is 3.33. The van der Waals surface area contributed by atoms with Crippen LogP contribution in [0.1, 0.15) is 25.8 Å². The van der Waals surface area contributed by atoms with Crippen LogP contribution in [-0.4, -0.2) is 6.10 Å². The van der Waals surface area contributed by atoms with Crippen LogP contribution in [0.3, 0.4) is 0 Å². The number of rotatable bonds is 2. The van der Waals surface area contributed by atoms with E-state index in [4.69, 9.17) is 10.00 Å². The molecule has 0 N–H and O–H groups in total. The number of hydrogen-bond donors (Lipinski definition) is 0. The van der Waals surface area contributed by atoms with Crippen LogP contribution in [0.4, 0.5) is 0 Å². The van der Waals surface area contributed by atoms with Crippen molar-refractivity contribution in [3.63, 3.8) is 0 Å². The lowest BCUT2D eigenvalue weighted by Crippen LogP contribution is -2.05. The van der Waals surface area contributed by atoms with E-state index in [0.29, 0.717) is 0 Å². The number of ether oxygens (including phenoxy) is 1. The molecule has 0 radical (unpaired) electrons. The molecule has 0 aliphatic rings. The first-order valence-corrected chi connectivity index (χ1v) is 4.85. The van der Waals surface area contributed by atoms with E-state index in [9.17, 15) is 0 Å². The van der Waals surface area contributed by atoms with Crippen LogP contribution in [0.15, 0.2) is 24.3 Å². The molecule has 0 aliphatic carbocycles. The van der Waals surface area contributed by atoms with E-state index in [1.165, 1.54) is 0 Å². The molecule has 0 heterocycles. The third kappa shape index (κ3) is 4.20. The van der Waals surface area contributed by atoms with Crippen LogP contribution in [0.25, 0.3) is 0 Å². The number of nitriles is 1. The summed E-state index contributed by atoms with van der Waals surface area (Å²) in [5.74, 6) is 6.50. The molecule has 0 amide bonds. The van der Waals surface area contributed by atoms with E-state index >= 15 is 0 Å². The Labute approximate surface area is 90.5 Å². The van der Waals surface area contributed by atoms with Crippen LogP contribution in [-0.2, 0) is 0 Å². The lowest BCUT2D eigenvalue weighted by Gasteiger charge is -2.08. The lowest BCUT2D eigenvalue weighted by molar-refractivity contribution is 0.242. The standard InChI is InChI=1S/C13H13NO/c1-11(2)15-13-8-6-12(7-9-13)5-3-4-10-14/h6-9,11H,4H2,1-2H3. The molecule has 0 unspecified atom stereocenters. The molecule has 0 bridgehead atoms. The second kappa shape index (κ2) is 5.73. The smallest absolute Gasteiger partial charge is 0.119 e. The van der Waals surface area contributed by atoms with Gasteiger partial charge in [-0.25, -0.2) is 0 Å². The number of nitrogens with zero attached hydrogens (tertiary/aromatic N) is 1. The number of hydrogen-bond acceptors (Lipinski definition) is 2. The van der Waals surface area contributed by atoms with Crippen molar-refractivity contribution in [2.45, 2.75) is 26.4 Å². The molecule has 0 saturated carbocycles. The molecule has 0 spiro atoms. The molecule has 0 aliphatic heterocycles. The zero-order valence-electron chi connectivity index (χ0n) is 8.95. The van der Waals surface area contributed by atoms with E-state index in [1.54, 1.807) is 0 Å². The van der Waals surface area contributed by atoms with Gasteiger partial charge in [-0.1, -0.05) is 11.8 Å². The molecule has 0 saturated heterocycles. The first kappa shape index (κ1) is 11.1. The maximum atomic E-state index is 8.32. The monoisotopic (exact) mass is 199 g/mol. The van der Waals surface area contributed by atoms with Gasteiger partial charge in [0.05, 0.1) is 18.6 Å². The molecular formula is C13H13NO. The largest absolute Gasteiger partial charge is 0.491 e. The van der Waals surface area contributed by atoms with Gasteiger partial charge in [0.15, 0.2) is 0 Å². The maximum Gasteiger partial charge on any atom is 0.119 e. The molecule has 1 aromatic rings. The molecule has 76 valence electrons. The minimum Gasteiger partial charge on any atom is -0.491 e. The first-order chi connectivity index (χ1) is 7.22. The normalized spacial score (nSPS) is 8.93. The summed E-state index contributed by atoms with van der Waals surface area (Å²) in [6.45, 7) is 3.97. The van der Waals surface area contributed by atoms with Crippen LogP contribution in [0.5, 0.6) is 5.75 Å². The fraction of sp³-hybridized carbons (Fsp3) is 0.308. The predicted molar refractivity (Wildman–Crippen MR) is 59.3 cm³/mol. The summed E-state index contributed by atoms with van der Waals surface area (Å²) in [7, 11) is 0. The molecule has 1 aromatic carbocycles. The summed E-state index contributed by atoms with van der Waals surface area (Å²) in [5.41, 5.74) is 0.904. The topological polar surface area (TPSA) is 33.0 Å². The first-order valence-electron chi connectivity index (χ1n) is 4.85. The summed E-state index contributed by atoms with van der Waals surface area (Å²) in [6.07, 6.45) is 0.449. The molecule has 2 nitrogen and oxygen atoms in total. The van der Waals surface area contributed by atoms with Crippen molar-refractivity contribution in [3.05, 3.63) is 29.8 Å². The summed E-state index contributed by atoms with van der Waals surface area (Å²) in [6, 6.07) is 9.53. The maximum absolute atomic E-state index is 8.32. The highest BCUT2D eigenvalue weighted by Gasteiger charge is 1.95. The van der Waals surface area contributed by atoms with Crippen LogP contribution in [0.2, 0.25) is 0 Å². The Morgan fingerprint density at radius 3 is 2.47 bits per heavy atom. The summed E-state index contributed by atoms with van der Waals surface area (Å²) < 4.78 is 5.49. The molecule has 0 atom stereocenters. The highest BCUT2D eigenvalue weighted by atomic mass is 16.5. The summed E-state index contributed by atoms with van der Waals surface area (Å²) in [4.78, 5) is 0. The SMILES string of the molecule is CC(C)Oc1ccc(C#CCC#N)cc1. The van der Waals surface area contributed by atoms with Crippen molar-refractivity contribution in [3.8, 4) is 23.7 Å². The Hall–Kier alpha value is -1.93. The van der Waals surface area contributed by atoms with Crippen LogP contribution < -0.4 is 4.74 Å². The van der Waals surface area contributed by atoms with Gasteiger partial charge in [-0.15, -0.1) is 0 Å². The molecular weight excluding hydrogens is 186 g/mol.